The van der Waals surface area contributed by atoms with Crippen molar-refractivity contribution in [2.24, 2.45) is 0 Å². The van der Waals surface area contributed by atoms with Crippen LogP contribution in [0.1, 0.15) is 43.3 Å². The van der Waals surface area contributed by atoms with Crippen molar-refractivity contribution in [1.29, 1.82) is 5.26 Å². The zero-order valence-electron chi connectivity index (χ0n) is 18.3. The lowest BCUT2D eigenvalue weighted by Crippen LogP contribution is -2.24. The van der Waals surface area contributed by atoms with E-state index in [0.29, 0.717) is 38.6 Å². The van der Waals surface area contributed by atoms with Gasteiger partial charge in [-0.05, 0) is 62.6 Å². The number of anilines is 1. The topological polar surface area (TPSA) is 87.8 Å². The summed E-state index contributed by atoms with van der Waals surface area (Å²) < 4.78 is 1.59. The molecule has 6 nitrogen and oxygen atoms in total. The standard InChI is InChI=1S/C25H22N4O2S/c1-14-8-9-20(15(2)10-14)28-23(30)22-16(3)21-24(32-22)27-17(4)29(25(21)31)13-19-7-5-6-18(11-19)12-26/h5-11H,13H2,1-4H3,(H,28,30). The highest BCUT2D eigenvalue weighted by molar-refractivity contribution is 7.20. The summed E-state index contributed by atoms with van der Waals surface area (Å²) in [6, 6.07) is 15.1. The number of benzene rings is 2. The molecule has 2 aromatic carbocycles. The minimum absolute atomic E-state index is 0.186. The monoisotopic (exact) mass is 442 g/mol. The predicted octanol–water partition coefficient (Wildman–Crippen LogP) is 4.86. The number of nitrogens with zero attached hydrogens (tertiary/aromatic N) is 3. The molecule has 4 rings (SSSR count). The third-order valence-electron chi connectivity index (χ3n) is 5.47. The fraction of sp³-hybridized carbons (Fsp3) is 0.200. The van der Waals surface area contributed by atoms with Crippen molar-refractivity contribution in [2.75, 3.05) is 5.32 Å². The smallest absolute Gasteiger partial charge is 0.266 e. The van der Waals surface area contributed by atoms with Crippen LogP contribution >= 0.6 is 11.3 Å². The number of hydrogen-bond donors (Lipinski definition) is 1. The van der Waals surface area contributed by atoms with E-state index in [9.17, 15) is 9.59 Å². The van der Waals surface area contributed by atoms with Crippen LogP contribution in [0.3, 0.4) is 0 Å². The Kier molecular flexibility index (Phi) is 5.64. The molecule has 0 bridgehead atoms. The molecule has 0 saturated carbocycles. The van der Waals surface area contributed by atoms with Crippen LogP contribution in [-0.4, -0.2) is 15.5 Å². The van der Waals surface area contributed by atoms with Crippen molar-refractivity contribution in [1.82, 2.24) is 9.55 Å². The number of hydrogen-bond acceptors (Lipinski definition) is 5. The summed E-state index contributed by atoms with van der Waals surface area (Å²) in [5.74, 6) is 0.315. The normalized spacial score (nSPS) is 10.8. The van der Waals surface area contributed by atoms with Crippen molar-refractivity contribution in [3.8, 4) is 6.07 Å². The number of rotatable bonds is 4. The Morgan fingerprint density at radius 1 is 1.16 bits per heavy atom. The van der Waals surface area contributed by atoms with Gasteiger partial charge in [-0.3, -0.25) is 14.2 Å². The SMILES string of the molecule is Cc1ccc(NC(=O)c2sc3nc(C)n(Cc4cccc(C#N)c4)c(=O)c3c2C)c(C)c1. The summed E-state index contributed by atoms with van der Waals surface area (Å²) in [5.41, 5.74) is 4.68. The van der Waals surface area contributed by atoms with Crippen LogP contribution in [0.25, 0.3) is 10.2 Å². The molecule has 0 fully saturated rings. The molecular formula is C25H22N4O2S. The number of aromatic nitrogens is 2. The van der Waals surface area contributed by atoms with Crippen molar-refractivity contribution < 1.29 is 4.79 Å². The molecule has 7 heteroatoms. The Balaban J connectivity index is 1.73. The number of carbonyl (C=O) groups excluding carboxylic acids is 1. The number of aryl methyl sites for hydroxylation is 4. The van der Waals surface area contributed by atoms with Crippen LogP contribution in [0, 0.1) is 39.0 Å². The lowest BCUT2D eigenvalue weighted by molar-refractivity contribution is 0.103. The van der Waals surface area contributed by atoms with Gasteiger partial charge in [0.05, 0.1) is 28.4 Å². The molecule has 1 amide bonds. The van der Waals surface area contributed by atoms with Crippen LogP contribution in [0.5, 0.6) is 0 Å². The van der Waals surface area contributed by atoms with Crippen molar-refractivity contribution >= 4 is 33.1 Å². The first-order chi connectivity index (χ1) is 15.3. The maximum Gasteiger partial charge on any atom is 0.266 e. The van der Waals surface area contributed by atoms with Crippen LogP contribution in [0.15, 0.2) is 47.3 Å². The maximum absolute atomic E-state index is 13.3. The molecule has 160 valence electrons. The molecule has 0 aliphatic carbocycles. The summed E-state index contributed by atoms with van der Waals surface area (Å²) in [6.45, 7) is 7.83. The first kappa shape index (κ1) is 21.5. The lowest BCUT2D eigenvalue weighted by Gasteiger charge is -2.10. The molecule has 0 saturated heterocycles. The van der Waals surface area contributed by atoms with Gasteiger partial charge in [0.2, 0.25) is 0 Å². The van der Waals surface area contributed by atoms with Gasteiger partial charge in [-0.25, -0.2) is 4.98 Å². The third-order valence-corrected chi connectivity index (χ3v) is 6.66. The number of thiophene rings is 1. The molecule has 1 N–H and O–H groups in total. The fourth-order valence-corrected chi connectivity index (χ4v) is 4.89. The molecule has 4 aromatic rings. The van der Waals surface area contributed by atoms with Crippen LogP contribution in [0.4, 0.5) is 5.69 Å². The van der Waals surface area contributed by atoms with Crippen LogP contribution < -0.4 is 10.9 Å². The van der Waals surface area contributed by atoms with Gasteiger partial charge in [0.15, 0.2) is 0 Å². The lowest BCUT2D eigenvalue weighted by atomic mass is 10.1. The molecule has 32 heavy (non-hydrogen) atoms. The Bertz CT molecular complexity index is 1470. The van der Waals surface area contributed by atoms with E-state index in [2.05, 4.69) is 16.4 Å². The molecule has 0 aliphatic heterocycles. The van der Waals surface area contributed by atoms with E-state index in [1.165, 1.54) is 11.3 Å². The number of nitrogens with one attached hydrogen (secondary N) is 1. The quantitative estimate of drug-likeness (QED) is 0.489. The van der Waals surface area contributed by atoms with Gasteiger partial charge in [0, 0.05) is 5.69 Å². The zero-order chi connectivity index (χ0) is 23.0. The van der Waals surface area contributed by atoms with Gasteiger partial charge in [-0.15, -0.1) is 11.3 Å². The molecule has 0 aliphatic rings. The minimum atomic E-state index is -0.247. The van der Waals surface area contributed by atoms with E-state index >= 15 is 0 Å². The van der Waals surface area contributed by atoms with Crippen LogP contribution in [-0.2, 0) is 6.54 Å². The fourth-order valence-electron chi connectivity index (χ4n) is 3.78. The predicted molar refractivity (Wildman–Crippen MR) is 127 cm³/mol. The van der Waals surface area contributed by atoms with Crippen molar-refractivity contribution in [3.05, 3.63) is 91.3 Å². The van der Waals surface area contributed by atoms with Gasteiger partial charge in [-0.1, -0.05) is 29.8 Å². The second-order valence-electron chi connectivity index (χ2n) is 7.87. The van der Waals surface area contributed by atoms with Crippen LogP contribution in [0.2, 0.25) is 0 Å². The molecule has 0 spiro atoms. The Labute approximate surface area is 189 Å². The summed E-state index contributed by atoms with van der Waals surface area (Å²) in [6.07, 6.45) is 0. The molecule has 2 heterocycles. The van der Waals surface area contributed by atoms with E-state index in [0.717, 1.165) is 22.4 Å². The molecule has 0 radical (unpaired) electrons. The summed E-state index contributed by atoms with van der Waals surface area (Å²) >= 11 is 1.23. The van der Waals surface area contributed by atoms with E-state index in [-0.39, 0.29) is 11.5 Å². The maximum atomic E-state index is 13.3. The van der Waals surface area contributed by atoms with E-state index in [1.54, 1.807) is 36.6 Å². The molecular weight excluding hydrogens is 420 g/mol. The van der Waals surface area contributed by atoms with Gasteiger partial charge in [0.25, 0.3) is 11.5 Å². The highest BCUT2D eigenvalue weighted by atomic mass is 32.1. The highest BCUT2D eigenvalue weighted by Gasteiger charge is 2.21. The highest BCUT2D eigenvalue weighted by Crippen LogP contribution is 2.29. The number of amides is 1. The number of nitriles is 1. The average molecular weight is 443 g/mol. The summed E-state index contributed by atoms with van der Waals surface area (Å²) in [5, 5.41) is 12.6. The van der Waals surface area contributed by atoms with E-state index < -0.39 is 0 Å². The first-order valence-corrected chi connectivity index (χ1v) is 11.0. The van der Waals surface area contributed by atoms with Gasteiger partial charge in [-0.2, -0.15) is 5.26 Å². The van der Waals surface area contributed by atoms with Gasteiger partial charge >= 0.3 is 0 Å². The first-order valence-electron chi connectivity index (χ1n) is 10.2. The van der Waals surface area contributed by atoms with Gasteiger partial charge in [0.1, 0.15) is 10.7 Å². The Morgan fingerprint density at radius 3 is 2.66 bits per heavy atom. The van der Waals surface area contributed by atoms with E-state index in [4.69, 9.17) is 5.26 Å². The van der Waals surface area contributed by atoms with Crippen molar-refractivity contribution in [3.63, 3.8) is 0 Å². The summed E-state index contributed by atoms with van der Waals surface area (Å²) in [4.78, 5) is 32.0. The van der Waals surface area contributed by atoms with Crippen molar-refractivity contribution in [2.45, 2.75) is 34.2 Å². The van der Waals surface area contributed by atoms with Gasteiger partial charge < -0.3 is 5.32 Å². The molecule has 2 aromatic heterocycles. The minimum Gasteiger partial charge on any atom is -0.321 e. The zero-order valence-corrected chi connectivity index (χ0v) is 19.1. The average Bonchev–Trinajstić information content (AvgIpc) is 3.09. The largest absolute Gasteiger partial charge is 0.321 e. The second kappa shape index (κ2) is 8.40. The third kappa shape index (κ3) is 3.93. The number of fused-ring (bicyclic) bond motifs is 1. The summed E-state index contributed by atoms with van der Waals surface area (Å²) in [7, 11) is 0. The Morgan fingerprint density at radius 2 is 1.94 bits per heavy atom. The second-order valence-corrected chi connectivity index (χ2v) is 8.87. The molecule has 0 unspecified atom stereocenters. The number of carbonyl (C=O) groups is 1. The Hall–Kier alpha value is -3.76. The van der Waals surface area contributed by atoms with E-state index in [1.807, 2.05) is 38.1 Å². The molecule has 0 atom stereocenters.